The number of nitriles is 1. The second-order valence-electron chi connectivity index (χ2n) is 3.43. The van der Waals surface area contributed by atoms with Crippen LogP contribution in [0.3, 0.4) is 0 Å². The monoisotopic (exact) mass is 361 g/mol. The minimum atomic E-state index is 0.404. The van der Waals surface area contributed by atoms with Crippen molar-refractivity contribution in [2.24, 2.45) is 0 Å². The van der Waals surface area contributed by atoms with Crippen LogP contribution in [0, 0.1) is 18.3 Å². The van der Waals surface area contributed by atoms with Gasteiger partial charge in [0.15, 0.2) is 0 Å². The van der Waals surface area contributed by atoms with Gasteiger partial charge in [0.1, 0.15) is 16.6 Å². The molecule has 0 aliphatic heterocycles. The van der Waals surface area contributed by atoms with Crippen LogP contribution in [0.5, 0.6) is 0 Å². The number of rotatable bonds is 2. The van der Waals surface area contributed by atoms with Crippen LogP contribution in [0.2, 0.25) is 10.0 Å². The highest BCUT2D eigenvalue weighted by atomic mass is 79.9. The van der Waals surface area contributed by atoms with Crippen molar-refractivity contribution < 1.29 is 0 Å². The van der Waals surface area contributed by atoms with Crippen molar-refractivity contribution in [2.45, 2.75) is 6.92 Å². The highest BCUT2D eigenvalue weighted by Gasteiger charge is 2.13. The fourth-order valence-corrected chi connectivity index (χ4v) is 2.91. The zero-order valence-electron chi connectivity index (χ0n) is 9.09. The Balaban J connectivity index is 2.41. The first-order valence-corrected chi connectivity index (χ1v) is 7.13. The lowest BCUT2D eigenvalue weighted by Crippen LogP contribution is -1.92. The standard InChI is InChI=1S/C11H6BrCl2N3S/c1-5-6(4-15)11(18-17-5)16-8-3-2-7(12)9(13)10(8)14/h2-3,16H,1H3. The highest BCUT2D eigenvalue weighted by Crippen LogP contribution is 2.38. The third-order valence-corrected chi connectivity index (χ3v) is 4.88. The summed E-state index contributed by atoms with van der Waals surface area (Å²) in [5.74, 6) is 0. The lowest BCUT2D eigenvalue weighted by molar-refractivity contribution is 1.31. The lowest BCUT2D eigenvalue weighted by atomic mass is 10.2. The van der Waals surface area contributed by atoms with E-state index in [1.807, 2.05) is 0 Å². The summed E-state index contributed by atoms with van der Waals surface area (Å²) >= 11 is 16.7. The Morgan fingerprint density at radius 3 is 2.78 bits per heavy atom. The molecule has 0 radical (unpaired) electrons. The molecular weight excluding hydrogens is 357 g/mol. The van der Waals surface area contributed by atoms with Gasteiger partial charge in [-0.05, 0) is 46.5 Å². The second kappa shape index (κ2) is 5.45. The van der Waals surface area contributed by atoms with Crippen molar-refractivity contribution >= 4 is 61.4 Å². The van der Waals surface area contributed by atoms with Gasteiger partial charge in [-0.1, -0.05) is 23.2 Å². The molecule has 0 fully saturated rings. The smallest absolute Gasteiger partial charge is 0.132 e. The molecule has 0 saturated heterocycles. The first-order valence-electron chi connectivity index (χ1n) is 4.81. The molecule has 1 aromatic carbocycles. The number of nitrogens with one attached hydrogen (secondary N) is 1. The summed E-state index contributed by atoms with van der Waals surface area (Å²) < 4.78 is 4.85. The number of aromatic nitrogens is 1. The Kier molecular flexibility index (Phi) is 4.13. The van der Waals surface area contributed by atoms with E-state index in [-0.39, 0.29) is 0 Å². The number of nitrogens with zero attached hydrogens (tertiary/aromatic N) is 2. The van der Waals surface area contributed by atoms with Crippen LogP contribution in [0.4, 0.5) is 10.7 Å². The van der Waals surface area contributed by atoms with Crippen LogP contribution in [-0.4, -0.2) is 4.37 Å². The summed E-state index contributed by atoms with van der Waals surface area (Å²) in [5, 5.41) is 13.6. The SMILES string of the molecule is Cc1nsc(Nc2ccc(Br)c(Cl)c2Cl)c1C#N. The molecule has 0 amide bonds. The summed E-state index contributed by atoms with van der Waals surface area (Å²) in [6, 6.07) is 5.68. The Hall–Kier alpha value is -0.800. The molecule has 0 spiro atoms. The van der Waals surface area contributed by atoms with Crippen molar-refractivity contribution in [2.75, 3.05) is 5.32 Å². The van der Waals surface area contributed by atoms with Gasteiger partial charge in [0, 0.05) is 4.47 Å². The van der Waals surface area contributed by atoms with E-state index in [0.29, 0.717) is 32.0 Å². The number of aryl methyl sites for hydroxylation is 1. The van der Waals surface area contributed by atoms with E-state index in [0.717, 1.165) is 4.47 Å². The van der Waals surface area contributed by atoms with Crippen molar-refractivity contribution in [1.29, 1.82) is 5.26 Å². The molecule has 0 aliphatic rings. The highest BCUT2D eigenvalue weighted by molar-refractivity contribution is 9.10. The van der Waals surface area contributed by atoms with Gasteiger partial charge < -0.3 is 5.32 Å². The largest absolute Gasteiger partial charge is 0.344 e. The van der Waals surface area contributed by atoms with Crippen LogP contribution in [0.1, 0.15) is 11.3 Å². The second-order valence-corrected chi connectivity index (χ2v) is 5.82. The zero-order chi connectivity index (χ0) is 13.3. The molecule has 1 heterocycles. The summed E-state index contributed by atoms with van der Waals surface area (Å²) in [5.41, 5.74) is 1.87. The molecule has 3 nitrogen and oxygen atoms in total. The predicted molar refractivity (Wildman–Crippen MR) is 79.0 cm³/mol. The van der Waals surface area contributed by atoms with Gasteiger partial charge in [0.2, 0.25) is 0 Å². The molecule has 92 valence electrons. The molecule has 18 heavy (non-hydrogen) atoms. The van der Waals surface area contributed by atoms with E-state index < -0.39 is 0 Å². The first kappa shape index (κ1) is 13.6. The Morgan fingerprint density at radius 1 is 1.39 bits per heavy atom. The van der Waals surface area contributed by atoms with Crippen LogP contribution in [-0.2, 0) is 0 Å². The predicted octanol–water partition coefficient (Wildman–Crippen LogP) is 5.14. The van der Waals surface area contributed by atoms with Gasteiger partial charge in [0.25, 0.3) is 0 Å². The van der Waals surface area contributed by atoms with E-state index in [9.17, 15) is 0 Å². The molecule has 2 rings (SSSR count). The van der Waals surface area contributed by atoms with Crippen molar-refractivity contribution in [3.8, 4) is 6.07 Å². The molecule has 2 aromatic rings. The van der Waals surface area contributed by atoms with Crippen molar-refractivity contribution in [3.63, 3.8) is 0 Å². The maximum Gasteiger partial charge on any atom is 0.132 e. The number of hydrogen-bond acceptors (Lipinski definition) is 4. The minimum absolute atomic E-state index is 0.404. The van der Waals surface area contributed by atoms with Gasteiger partial charge in [-0.3, -0.25) is 0 Å². The average molecular weight is 363 g/mol. The number of anilines is 2. The quantitative estimate of drug-likeness (QED) is 0.752. The Bertz CT molecular complexity index is 648. The first-order chi connectivity index (χ1) is 8.54. The molecule has 0 atom stereocenters. The van der Waals surface area contributed by atoms with Gasteiger partial charge in [0.05, 0.1) is 21.4 Å². The topological polar surface area (TPSA) is 48.7 Å². The van der Waals surface area contributed by atoms with Crippen LogP contribution >= 0.6 is 50.7 Å². The number of benzene rings is 1. The zero-order valence-corrected chi connectivity index (χ0v) is 13.0. The summed E-state index contributed by atoms with van der Waals surface area (Å²) in [6.07, 6.45) is 0. The van der Waals surface area contributed by atoms with Crippen molar-refractivity contribution in [3.05, 3.63) is 37.9 Å². The fourth-order valence-electron chi connectivity index (χ4n) is 1.33. The van der Waals surface area contributed by atoms with Gasteiger partial charge in [-0.2, -0.15) is 9.64 Å². The number of halogens is 3. The third-order valence-electron chi connectivity index (χ3n) is 2.26. The Morgan fingerprint density at radius 2 is 2.11 bits per heavy atom. The van der Waals surface area contributed by atoms with E-state index in [1.54, 1.807) is 19.1 Å². The molecule has 1 aromatic heterocycles. The van der Waals surface area contributed by atoms with Gasteiger partial charge >= 0.3 is 0 Å². The van der Waals surface area contributed by atoms with Gasteiger partial charge in [-0.25, -0.2) is 0 Å². The number of hydrogen-bond donors (Lipinski definition) is 1. The van der Waals surface area contributed by atoms with Crippen LogP contribution < -0.4 is 5.32 Å². The maximum atomic E-state index is 9.04. The van der Waals surface area contributed by atoms with Crippen LogP contribution in [0.15, 0.2) is 16.6 Å². The summed E-state index contributed by atoms with van der Waals surface area (Å²) in [4.78, 5) is 0. The van der Waals surface area contributed by atoms with Gasteiger partial charge in [-0.15, -0.1) is 0 Å². The van der Waals surface area contributed by atoms with E-state index >= 15 is 0 Å². The molecule has 1 N–H and O–H groups in total. The average Bonchev–Trinajstić information content (AvgIpc) is 2.70. The fraction of sp³-hybridized carbons (Fsp3) is 0.0909. The van der Waals surface area contributed by atoms with E-state index in [2.05, 4.69) is 31.7 Å². The molecule has 0 aliphatic carbocycles. The molecular formula is C11H6BrCl2N3S. The lowest BCUT2D eigenvalue weighted by Gasteiger charge is -2.08. The van der Waals surface area contributed by atoms with E-state index in [4.69, 9.17) is 28.5 Å². The van der Waals surface area contributed by atoms with Crippen LogP contribution in [0.25, 0.3) is 0 Å². The van der Waals surface area contributed by atoms with E-state index in [1.165, 1.54) is 11.5 Å². The van der Waals surface area contributed by atoms with Crippen molar-refractivity contribution in [1.82, 2.24) is 4.37 Å². The third kappa shape index (κ3) is 2.47. The Labute approximate surface area is 127 Å². The molecule has 0 bridgehead atoms. The molecule has 0 saturated carbocycles. The summed E-state index contributed by atoms with van der Waals surface area (Å²) in [6.45, 7) is 1.79. The normalized spacial score (nSPS) is 10.2. The minimum Gasteiger partial charge on any atom is -0.344 e. The summed E-state index contributed by atoms with van der Waals surface area (Å²) in [7, 11) is 0. The molecule has 0 unspecified atom stereocenters. The maximum absolute atomic E-state index is 9.04. The molecule has 7 heteroatoms.